The van der Waals surface area contributed by atoms with E-state index in [4.69, 9.17) is 0 Å². The van der Waals surface area contributed by atoms with Crippen molar-refractivity contribution in [3.8, 4) is 0 Å². The molecule has 6 nitrogen and oxygen atoms in total. The average molecular weight is 350 g/mol. The molecule has 128 valence electrons. The SMILES string of the molecule is C/C(=N\N=C1/NC(=O)C(CC(=O)Nc2ccc(F)cc2)S1)C(C)C. The van der Waals surface area contributed by atoms with E-state index >= 15 is 0 Å². The molecule has 0 radical (unpaired) electrons. The van der Waals surface area contributed by atoms with Crippen LogP contribution in [0, 0.1) is 11.7 Å². The first-order chi connectivity index (χ1) is 11.3. The summed E-state index contributed by atoms with van der Waals surface area (Å²) in [6, 6.07) is 5.44. The fourth-order valence-corrected chi connectivity index (χ4v) is 2.66. The van der Waals surface area contributed by atoms with Crippen molar-refractivity contribution < 1.29 is 14.0 Å². The quantitative estimate of drug-likeness (QED) is 0.633. The molecule has 1 aliphatic rings. The van der Waals surface area contributed by atoms with Crippen molar-refractivity contribution in [3.05, 3.63) is 30.1 Å². The number of carbonyl (C=O) groups is 2. The second-order valence-corrected chi connectivity index (χ2v) is 6.85. The molecule has 0 bridgehead atoms. The van der Waals surface area contributed by atoms with E-state index in [-0.39, 0.29) is 30.0 Å². The Balaban J connectivity index is 1.92. The van der Waals surface area contributed by atoms with Crippen LogP contribution in [0.1, 0.15) is 27.2 Å². The van der Waals surface area contributed by atoms with Gasteiger partial charge < -0.3 is 10.6 Å². The molecule has 2 rings (SSSR count). The van der Waals surface area contributed by atoms with Crippen LogP contribution < -0.4 is 10.6 Å². The minimum Gasteiger partial charge on any atom is -0.326 e. The second kappa shape index (κ2) is 8.05. The van der Waals surface area contributed by atoms with E-state index in [9.17, 15) is 14.0 Å². The van der Waals surface area contributed by atoms with Crippen LogP contribution in [0.3, 0.4) is 0 Å². The standard InChI is InChI=1S/C16H19FN4O2S/c1-9(2)10(3)20-21-16-19-15(23)13(24-16)8-14(22)18-12-6-4-11(17)5-7-12/h4-7,9,13H,8H2,1-3H3,(H,18,22)(H,19,21,23)/b20-10+. The van der Waals surface area contributed by atoms with Gasteiger partial charge >= 0.3 is 0 Å². The number of hydrogen-bond acceptors (Lipinski definition) is 5. The highest BCUT2D eigenvalue weighted by Crippen LogP contribution is 2.23. The molecule has 2 N–H and O–H groups in total. The number of carbonyl (C=O) groups excluding carboxylic acids is 2. The van der Waals surface area contributed by atoms with Gasteiger partial charge in [0.15, 0.2) is 5.17 Å². The molecular formula is C16H19FN4O2S. The minimum atomic E-state index is -0.557. The maximum Gasteiger partial charge on any atom is 0.240 e. The molecule has 1 aromatic carbocycles. The molecule has 0 saturated carbocycles. The van der Waals surface area contributed by atoms with Gasteiger partial charge in [0.05, 0.1) is 0 Å². The van der Waals surface area contributed by atoms with E-state index < -0.39 is 5.25 Å². The first-order valence-corrected chi connectivity index (χ1v) is 8.38. The van der Waals surface area contributed by atoms with Crippen molar-refractivity contribution in [1.82, 2.24) is 5.32 Å². The van der Waals surface area contributed by atoms with Crippen molar-refractivity contribution in [1.29, 1.82) is 0 Å². The molecule has 1 heterocycles. The molecule has 24 heavy (non-hydrogen) atoms. The fourth-order valence-electron chi connectivity index (χ4n) is 1.74. The number of nitrogens with one attached hydrogen (secondary N) is 2. The molecule has 1 fully saturated rings. The highest BCUT2D eigenvalue weighted by Gasteiger charge is 2.32. The van der Waals surface area contributed by atoms with Crippen LogP contribution in [0.15, 0.2) is 34.5 Å². The smallest absolute Gasteiger partial charge is 0.240 e. The summed E-state index contributed by atoms with van der Waals surface area (Å²) in [5.74, 6) is -0.701. The summed E-state index contributed by atoms with van der Waals surface area (Å²) in [6.45, 7) is 5.87. The van der Waals surface area contributed by atoms with Crippen LogP contribution in [0.5, 0.6) is 0 Å². The number of amidine groups is 1. The van der Waals surface area contributed by atoms with Crippen LogP contribution >= 0.6 is 11.8 Å². The summed E-state index contributed by atoms with van der Waals surface area (Å²) in [4.78, 5) is 23.9. The Kier molecular flexibility index (Phi) is 6.08. The maximum atomic E-state index is 12.8. The van der Waals surface area contributed by atoms with Gasteiger partial charge in [0.2, 0.25) is 11.8 Å². The van der Waals surface area contributed by atoms with Gasteiger partial charge in [-0.05, 0) is 37.1 Å². The molecule has 1 atom stereocenters. The Hall–Kier alpha value is -2.22. The van der Waals surface area contributed by atoms with Crippen LogP contribution in [-0.4, -0.2) is 27.9 Å². The second-order valence-electron chi connectivity index (χ2n) is 5.66. The Morgan fingerprint density at radius 3 is 2.67 bits per heavy atom. The lowest BCUT2D eigenvalue weighted by Gasteiger charge is -2.07. The minimum absolute atomic E-state index is 0.000225. The number of nitrogens with zero attached hydrogens (tertiary/aromatic N) is 2. The van der Waals surface area contributed by atoms with E-state index in [1.165, 1.54) is 36.0 Å². The lowest BCUT2D eigenvalue weighted by Crippen LogP contribution is -2.28. The van der Waals surface area contributed by atoms with Crippen molar-refractivity contribution in [3.63, 3.8) is 0 Å². The van der Waals surface area contributed by atoms with Crippen molar-refractivity contribution in [2.75, 3.05) is 5.32 Å². The lowest BCUT2D eigenvalue weighted by atomic mass is 10.1. The van der Waals surface area contributed by atoms with E-state index in [1.54, 1.807) is 0 Å². The summed E-state index contributed by atoms with van der Waals surface area (Å²) >= 11 is 1.18. The van der Waals surface area contributed by atoms with E-state index in [1.807, 2.05) is 20.8 Å². The topological polar surface area (TPSA) is 82.9 Å². The van der Waals surface area contributed by atoms with Gasteiger partial charge in [-0.2, -0.15) is 5.10 Å². The zero-order chi connectivity index (χ0) is 17.7. The van der Waals surface area contributed by atoms with Crippen LogP contribution in [0.4, 0.5) is 10.1 Å². The predicted molar refractivity (Wildman–Crippen MR) is 94.6 cm³/mol. The van der Waals surface area contributed by atoms with Crippen LogP contribution in [0.2, 0.25) is 0 Å². The van der Waals surface area contributed by atoms with Crippen LogP contribution in [0.25, 0.3) is 0 Å². The fraction of sp³-hybridized carbons (Fsp3) is 0.375. The summed E-state index contributed by atoms with van der Waals surface area (Å²) in [5.41, 5.74) is 1.34. The summed E-state index contributed by atoms with van der Waals surface area (Å²) in [6.07, 6.45) is -0.000225. The highest BCUT2D eigenvalue weighted by molar-refractivity contribution is 8.15. The molecule has 8 heteroatoms. The van der Waals surface area contributed by atoms with Crippen molar-refractivity contribution in [2.45, 2.75) is 32.4 Å². The number of benzene rings is 1. The van der Waals surface area contributed by atoms with Gasteiger partial charge in [-0.15, -0.1) is 5.10 Å². The molecular weight excluding hydrogens is 331 g/mol. The van der Waals surface area contributed by atoms with Crippen LogP contribution in [-0.2, 0) is 9.59 Å². The number of amides is 2. The largest absolute Gasteiger partial charge is 0.326 e. The maximum absolute atomic E-state index is 12.8. The number of thioether (sulfide) groups is 1. The van der Waals surface area contributed by atoms with Gasteiger partial charge in [0.25, 0.3) is 0 Å². The zero-order valence-electron chi connectivity index (χ0n) is 13.7. The lowest BCUT2D eigenvalue weighted by molar-refractivity contribution is -0.122. The molecule has 1 aromatic rings. The molecule has 0 spiro atoms. The van der Waals surface area contributed by atoms with Gasteiger partial charge in [-0.3, -0.25) is 9.59 Å². The highest BCUT2D eigenvalue weighted by atomic mass is 32.2. The van der Waals surface area contributed by atoms with E-state index in [0.717, 1.165) is 5.71 Å². The number of rotatable bonds is 5. The van der Waals surface area contributed by atoms with E-state index in [2.05, 4.69) is 20.8 Å². The van der Waals surface area contributed by atoms with E-state index in [0.29, 0.717) is 10.9 Å². The first-order valence-electron chi connectivity index (χ1n) is 7.50. The third-order valence-corrected chi connectivity index (χ3v) is 4.48. The van der Waals surface area contributed by atoms with Gasteiger partial charge in [0.1, 0.15) is 11.1 Å². The zero-order valence-corrected chi connectivity index (χ0v) is 14.5. The van der Waals surface area contributed by atoms with Crippen molar-refractivity contribution >= 4 is 40.1 Å². The molecule has 1 unspecified atom stereocenters. The molecule has 1 saturated heterocycles. The Morgan fingerprint density at radius 1 is 1.38 bits per heavy atom. The monoisotopic (exact) mass is 350 g/mol. The number of anilines is 1. The number of halogens is 1. The Morgan fingerprint density at radius 2 is 2.04 bits per heavy atom. The molecule has 2 amide bonds. The molecule has 0 aliphatic carbocycles. The third-order valence-electron chi connectivity index (χ3n) is 3.41. The molecule has 0 aromatic heterocycles. The number of hydrogen-bond donors (Lipinski definition) is 2. The van der Waals surface area contributed by atoms with Gasteiger partial charge in [-0.1, -0.05) is 25.6 Å². The van der Waals surface area contributed by atoms with Gasteiger partial charge in [-0.25, -0.2) is 4.39 Å². The summed E-state index contributed by atoms with van der Waals surface area (Å²) in [5, 5.41) is 13.1. The Bertz CT molecular complexity index is 686. The Labute approximate surface area is 144 Å². The van der Waals surface area contributed by atoms with Gasteiger partial charge in [0, 0.05) is 17.8 Å². The predicted octanol–water partition coefficient (Wildman–Crippen LogP) is 2.77. The normalized spacial score (nSPS) is 19.7. The molecule has 1 aliphatic heterocycles. The third kappa shape index (κ3) is 5.16. The summed E-state index contributed by atoms with van der Waals surface area (Å²) < 4.78 is 12.8. The first kappa shape index (κ1) is 18.1. The summed E-state index contributed by atoms with van der Waals surface area (Å²) in [7, 11) is 0. The van der Waals surface area contributed by atoms with Crippen molar-refractivity contribution in [2.24, 2.45) is 16.1 Å². The average Bonchev–Trinajstić information content (AvgIpc) is 2.87.